The van der Waals surface area contributed by atoms with Crippen molar-refractivity contribution in [1.29, 1.82) is 0 Å². The second-order valence-corrected chi connectivity index (χ2v) is 4.67. The molecule has 0 aliphatic heterocycles. The normalized spacial score (nSPS) is 9.86. The smallest absolute Gasteiger partial charge is 0.126 e. The van der Waals surface area contributed by atoms with Crippen molar-refractivity contribution in [2.45, 2.75) is 20.0 Å². The number of aryl methyl sites for hydroxylation is 1. The van der Waals surface area contributed by atoms with Crippen molar-refractivity contribution in [1.82, 2.24) is 0 Å². The number of hydrogen-bond acceptors (Lipinski definition) is 2. The highest BCUT2D eigenvalue weighted by atomic mass is 19.1. The minimum atomic E-state index is -0.306. The van der Waals surface area contributed by atoms with E-state index in [4.69, 9.17) is 9.84 Å². The molecule has 0 atom stereocenters. The maximum atomic E-state index is 13.2. The number of benzene rings is 2. The first-order chi connectivity index (χ1) is 10.2. The third kappa shape index (κ3) is 4.62. The average molecular weight is 284 g/mol. The molecule has 0 fully saturated rings. The minimum Gasteiger partial charge on any atom is -0.489 e. The fraction of sp³-hybridized carbons (Fsp3) is 0.222. The van der Waals surface area contributed by atoms with Crippen LogP contribution in [0.15, 0.2) is 42.5 Å². The van der Waals surface area contributed by atoms with Crippen molar-refractivity contribution in [3.05, 3.63) is 65.0 Å². The summed E-state index contributed by atoms with van der Waals surface area (Å²) in [6.07, 6.45) is 0.462. The van der Waals surface area contributed by atoms with Crippen LogP contribution in [0.4, 0.5) is 4.39 Å². The molecule has 21 heavy (non-hydrogen) atoms. The lowest BCUT2D eigenvalue weighted by Gasteiger charge is -2.09. The van der Waals surface area contributed by atoms with Crippen LogP contribution in [-0.2, 0) is 6.61 Å². The maximum Gasteiger partial charge on any atom is 0.126 e. The molecule has 0 saturated carbocycles. The van der Waals surface area contributed by atoms with E-state index in [0.29, 0.717) is 18.8 Å². The molecule has 108 valence electrons. The Labute approximate surface area is 124 Å². The van der Waals surface area contributed by atoms with Crippen LogP contribution < -0.4 is 4.74 Å². The van der Waals surface area contributed by atoms with E-state index in [-0.39, 0.29) is 12.4 Å². The number of aliphatic hydroxyl groups excluding tert-OH is 1. The SMILES string of the molecule is Cc1ccc(F)cc1OCc1cccc(C#CCCO)c1. The number of halogens is 1. The summed E-state index contributed by atoms with van der Waals surface area (Å²) in [5.74, 6) is 6.10. The summed E-state index contributed by atoms with van der Waals surface area (Å²) < 4.78 is 18.8. The summed E-state index contributed by atoms with van der Waals surface area (Å²) >= 11 is 0. The van der Waals surface area contributed by atoms with Gasteiger partial charge in [-0.25, -0.2) is 4.39 Å². The third-order valence-electron chi connectivity index (χ3n) is 2.94. The van der Waals surface area contributed by atoms with Crippen molar-refractivity contribution >= 4 is 0 Å². The van der Waals surface area contributed by atoms with E-state index in [1.165, 1.54) is 12.1 Å². The predicted molar refractivity (Wildman–Crippen MR) is 80.5 cm³/mol. The number of hydrogen-bond donors (Lipinski definition) is 1. The van der Waals surface area contributed by atoms with Gasteiger partial charge in [-0.1, -0.05) is 30.0 Å². The summed E-state index contributed by atoms with van der Waals surface area (Å²) in [5, 5.41) is 8.70. The Bertz CT molecular complexity index is 668. The van der Waals surface area contributed by atoms with Crippen LogP contribution in [0, 0.1) is 24.6 Å². The van der Waals surface area contributed by atoms with Crippen LogP contribution in [0.1, 0.15) is 23.1 Å². The Balaban J connectivity index is 2.05. The van der Waals surface area contributed by atoms with Crippen molar-refractivity contribution in [3.63, 3.8) is 0 Å². The van der Waals surface area contributed by atoms with E-state index >= 15 is 0 Å². The first-order valence-electron chi connectivity index (χ1n) is 6.76. The average Bonchev–Trinajstić information content (AvgIpc) is 2.49. The molecule has 0 aromatic heterocycles. The summed E-state index contributed by atoms with van der Waals surface area (Å²) in [7, 11) is 0. The van der Waals surface area contributed by atoms with Gasteiger partial charge < -0.3 is 9.84 Å². The summed E-state index contributed by atoms with van der Waals surface area (Å²) in [6.45, 7) is 2.31. The molecule has 0 unspecified atom stereocenters. The van der Waals surface area contributed by atoms with Gasteiger partial charge in [-0.2, -0.15) is 0 Å². The van der Waals surface area contributed by atoms with Crippen molar-refractivity contribution < 1.29 is 14.2 Å². The highest BCUT2D eigenvalue weighted by Crippen LogP contribution is 2.20. The first kappa shape index (κ1) is 15.1. The highest BCUT2D eigenvalue weighted by Gasteiger charge is 2.02. The standard InChI is InChI=1S/C18H17FO2/c1-14-8-9-17(19)12-18(14)21-13-16-7-4-6-15(11-16)5-2-3-10-20/h4,6-9,11-12,20H,3,10,13H2,1H3. The second kappa shape index (κ2) is 7.47. The monoisotopic (exact) mass is 284 g/mol. The van der Waals surface area contributed by atoms with E-state index in [9.17, 15) is 4.39 Å². The molecule has 1 N–H and O–H groups in total. The fourth-order valence-corrected chi connectivity index (χ4v) is 1.85. The van der Waals surface area contributed by atoms with Crippen LogP contribution in [0.3, 0.4) is 0 Å². The van der Waals surface area contributed by atoms with Gasteiger partial charge in [0.2, 0.25) is 0 Å². The molecule has 2 nitrogen and oxygen atoms in total. The van der Waals surface area contributed by atoms with E-state index in [2.05, 4.69) is 11.8 Å². The second-order valence-electron chi connectivity index (χ2n) is 4.67. The van der Waals surface area contributed by atoms with Crippen molar-refractivity contribution in [2.75, 3.05) is 6.61 Å². The zero-order valence-corrected chi connectivity index (χ0v) is 11.9. The molecule has 0 saturated heterocycles. The molecule has 0 aliphatic rings. The van der Waals surface area contributed by atoms with Gasteiger partial charge in [-0.3, -0.25) is 0 Å². The molecule has 2 rings (SSSR count). The molecule has 0 spiro atoms. The third-order valence-corrected chi connectivity index (χ3v) is 2.94. The summed E-state index contributed by atoms with van der Waals surface area (Å²) in [5.41, 5.74) is 2.74. The van der Waals surface area contributed by atoms with Crippen LogP contribution >= 0.6 is 0 Å². The Kier molecular flexibility index (Phi) is 5.36. The quantitative estimate of drug-likeness (QED) is 0.871. The Morgan fingerprint density at radius 2 is 2.05 bits per heavy atom. The zero-order chi connectivity index (χ0) is 15.1. The van der Waals surface area contributed by atoms with E-state index < -0.39 is 0 Å². The Morgan fingerprint density at radius 3 is 2.86 bits per heavy atom. The van der Waals surface area contributed by atoms with Crippen LogP contribution in [-0.4, -0.2) is 11.7 Å². The molecule has 2 aromatic rings. The molecule has 0 amide bonds. The Morgan fingerprint density at radius 1 is 1.19 bits per heavy atom. The molecular formula is C18H17FO2. The van der Waals surface area contributed by atoms with Crippen LogP contribution in [0.2, 0.25) is 0 Å². The molecule has 2 aromatic carbocycles. The lowest BCUT2D eigenvalue weighted by Crippen LogP contribution is -1.98. The van der Waals surface area contributed by atoms with Crippen LogP contribution in [0.5, 0.6) is 5.75 Å². The highest BCUT2D eigenvalue weighted by molar-refractivity contribution is 5.37. The number of ether oxygens (including phenoxy) is 1. The molecule has 0 aliphatic carbocycles. The Hall–Kier alpha value is -2.31. The zero-order valence-electron chi connectivity index (χ0n) is 11.9. The van der Waals surface area contributed by atoms with Gasteiger partial charge in [-0.15, -0.1) is 0 Å². The topological polar surface area (TPSA) is 29.5 Å². The van der Waals surface area contributed by atoms with Crippen molar-refractivity contribution in [2.24, 2.45) is 0 Å². The maximum absolute atomic E-state index is 13.2. The predicted octanol–water partition coefficient (Wildman–Crippen LogP) is 3.45. The number of aliphatic hydroxyl groups is 1. The summed E-state index contributed by atoms with van der Waals surface area (Å²) in [6, 6.07) is 12.2. The first-order valence-corrected chi connectivity index (χ1v) is 6.76. The van der Waals surface area contributed by atoms with Gasteiger partial charge in [0.25, 0.3) is 0 Å². The minimum absolute atomic E-state index is 0.0641. The van der Waals surface area contributed by atoms with Crippen LogP contribution in [0.25, 0.3) is 0 Å². The molecule has 0 radical (unpaired) electrons. The molecule has 0 bridgehead atoms. The molecular weight excluding hydrogens is 267 g/mol. The molecule has 3 heteroatoms. The van der Waals surface area contributed by atoms with Gasteiger partial charge in [0.05, 0.1) is 6.61 Å². The van der Waals surface area contributed by atoms with Gasteiger partial charge in [-0.05, 0) is 36.2 Å². The van der Waals surface area contributed by atoms with Gasteiger partial charge in [0.15, 0.2) is 0 Å². The van der Waals surface area contributed by atoms with Gasteiger partial charge in [0, 0.05) is 18.1 Å². The van der Waals surface area contributed by atoms with Gasteiger partial charge in [0.1, 0.15) is 18.2 Å². The van der Waals surface area contributed by atoms with Gasteiger partial charge >= 0.3 is 0 Å². The largest absolute Gasteiger partial charge is 0.489 e. The lowest BCUT2D eigenvalue weighted by molar-refractivity contribution is 0.302. The van der Waals surface area contributed by atoms with E-state index in [0.717, 1.165) is 16.7 Å². The van der Waals surface area contributed by atoms with E-state index in [1.54, 1.807) is 6.07 Å². The fourth-order valence-electron chi connectivity index (χ4n) is 1.85. The summed E-state index contributed by atoms with van der Waals surface area (Å²) in [4.78, 5) is 0. The lowest BCUT2D eigenvalue weighted by atomic mass is 10.1. The van der Waals surface area contributed by atoms with Crippen molar-refractivity contribution in [3.8, 4) is 17.6 Å². The van der Waals surface area contributed by atoms with E-state index in [1.807, 2.05) is 31.2 Å². The number of rotatable bonds is 4. The molecule has 0 heterocycles.